The predicted octanol–water partition coefficient (Wildman–Crippen LogP) is 0.476. The van der Waals surface area contributed by atoms with Crippen molar-refractivity contribution < 1.29 is 14.7 Å². The van der Waals surface area contributed by atoms with E-state index < -0.39 is 5.91 Å². The summed E-state index contributed by atoms with van der Waals surface area (Å²) in [6.07, 6.45) is 0.523. The first-order valence-corrected chi connectivity index (χ1v) is 6.63. The molecular formula is C13H16N2O3S. The Morgan fingerprint density at radius 1 is 1.53 bits per heavy atom. The van der Waals surface area contributed by atoms with E-state index in [9.17, 15) is 9.59 Å². The highest BCUT2D eigenvalue weighted by Crippen LogP contribution is 2.15. The number of hydrogen-bond acceptors (Lipinski definition) is 4. The fourth-order valence-corrected chi connectivity index (χ4v) is 2.16. The number of nitrogens with two attached hydrogens (primary N) is 1. The van der Waals surface area contributed by atoms with Crippen LogP contribution < -0.4 is 11.1 Å². The van der Waals surface area contributed by atoms with Crippen molar-refractivity contribution in [3.8, 4) is 11.8 Å². The Hall–Kier alpha value is -1.84. The van der Waals surface area contributed by atoms with Gasteiger partial charge in [0, 0.05) is 18.9 Å². The van der Waals surface area contributed by atoms with E-state index in [4.69, 9.17) is 10.8 Å². The van der Waals surface area contributed by atoms with Crippen LogP contribution in [0.4, 0.5) is 0 Å². The highest BCUT2D eigenvalue weighted by molar-refractivity contribution is 7.14. The molecular weight excluding hydrogens is 264 g/mol. The van der Waals surface area contributed by atoms with E-state index in [2.05, 4.69) is 17.2 Å². The molecule has 1 aromatic heterocycles. The molecule has 6 heteroatoms. The Morgan fingerprint density at radius 3 is 2.89 bits per heavy atom. The molecule has 0 aromatic carbocycles. The molecule has 19 heavy (non-hydrogen) atoms. The molecule has 0 aliphatic carbocycles. The average Bonchev–Trinajstić information content (AvgIpc) is 2.77. The Morgan fingerprint density at radius 2 is 2.26 bits per heavy atom. The third-order valence-electron chi connectivity index (χ3n) is 2.16. The van der Waals surface area contributed by atoms with Gasteiger partial charge in [0.1, 0.15) is 0 Å². The maximum absolute atomic E-state index is 11.8. The van der Waals surface area contributed by atoms with E-state index >= 15 is 0 Å². The van der Waals surface area contributed by atoms with Crippen molar-refractivity contribution in [1.29, 1.82) is 0 Å². The first-order valence-electron chi connectivity index (χ1n) is 5.81. The van der Waals surface area contributed by atoms with E-state index in [-0.39, 0.29) is 25.0 Å². The predicted molar refractivity (Wildman–Crippen MR) is 73.6 cm³/mol. The van der Waals surface area contributed by atoms with Gasteiger partial charge >= 0.3 is 0 Å². The summed E-state index contributed by atoms with van der Waals surface area (Å²) in [4.78, 5) is 23.8. The van der Waals surface area contributed by atoms with Crippen LogP contribution in [-0.2, 0) is 4.79 Å². The van der Waals surface area contributed by atoms with E-state index in [1.54, 1.807) is 19.1 Å². The number of nitrogens with one attached hydrogen (secondary N) is 1. The standard InChI is InChI=1S/C13H16N2O3S/c1-9(8-12(14)17)15-13(18)11-6-5-10(19-11)4-2-3-7-16/h5-6,9,16H,3,7-8H2,1H3,(H2,14,17)(H,15,18). The van der Waals surface area contributed by atoms with Crippen LogP contribution in [0.3, 0.4) is 0 Å². The van der Waals surface area contributed by atoms with E-state index in [1.807, 2.05) is 0 Å². The molecule has 0 bridgehead atoms. The average molecular weight is 280 g/mol. The topological polar surface area (TPSA) is 92.4 Å². The minimum absolute atomic E-state index is 0.0242. The summed E-state index contributed by atoms with van der Waals surface area (Å²) in [5.74, 6) is 4.96. The second-order valence-electron chi connectivity index (χ2n) is 3.98. The monoisotopic (exact) mass is 280 g/mol. The molecule has 4 N–H and O–H groups in total. The second-order valence-corrected chi connectivity index (χ2v) is 5.07. The molecule has 0 radical (unpaired) electrons. The number of thiophene rings is 1. The van der Waals surface area contributed by atoms with Crippen LogP contribution in [-0.4, -0.2) is 29.6 Å². The molecule has 0 saturated carbocycles. The highest BCUT2D eigenvalue weighted by atomic mass is 32.1. The van der Waals surface area contributed by atoms with Crippen molar-refractivity contribution in [2.45, 2.75) is 25.8 Å². The van der Waals surface area contributed by atoms with Crippen LogP contribution in [0, 0.1) is 11.8 Å². The van der Waals surface area contributed by atoms with Gasteiger partial charge in [-0.05, 0) is 19.1 Å². The van der Waals surface area contributed by atoms with Crippen LogP contribution in [0.15, 0.2) is 12.1 Å². The number of aliphatic hydroxyl groups excluding tert-OH is 1. The van der Waals surface area contributed by atoms with Gasteiger partial charge in [-0.2, -0.15) is 0 Å². The molecule has 1 unspecified atom stereocenters. The van der Waals surface area contributed by atoms with Crippen molar-refractivity contribution in [3.63, 3.8) is 0 Å². The molecule has 0 spiro atoms. The smallest absolute Gasteiger partial charge is 0.261 e. The van der Waals surface area contributed by atoms with Gasteiger partial charge in [0.2, 0.25) is 5.91 Å². The van der Waals surface area contributed by atoms with Gasteiger partial charge < -0.3 is 16.2 Å². The Balaban J connectivity index is 2.59. The fraction of sp³-hybridized carbons (Fsp3) is 0.385. The largest absolute Gasteiger partial charge is 0.395 e. The van der Waals surface area contributed by atoms with Gasteiger partial charge in [-0.25, -0.2) is 0 Å². The van der Waals surface area contributed by atoms with Crippen LogP contribution in [0.2, 0.25) is 0 Å². The number of carbonyl (C=O) groups is 2. The van der Waals surface area contributed by atoms with Gasteiger partial charge in [0.25, 0.3) is 5.91 Å². The normalized spacial score (nSPS) is 11.3. The minimum Gasteiger partial charge on any atom is -0.395 e. The number of primary amides is 1. The van der Waals surface area contributed by atoms with E-state index in [1.165, 1.54) is 11.3 Å². The quantitative estimate of drug-likeness (QED) is 0.685. The Kier molecular flexibility index (Phi) is 6.06. The zero-order valence-corrected chi connectivity index (χ0v) is 11.4. The second kappa shape index (κ2) is 7.56. The third-order valence-corrected chi connectivity index (χ3v) is 3.16. The molecule has 102 valence electrons. The van der Waals surface area contributed by atoms with Crippen molar-refractivity contribution >= 4 is 23.2 Å². The van der Waals surface area contributed by atoms with Gasteiger partial charge in [0.05, 0.1) is 16.4 Å². The minimum atomic E-state index is -0.450. The SMILES string of the molecule is CC(CC(N)=O)NC(=O)c1ccc(C#CCCO)s1. The first kappa shape index (κ1) is 15.2. The zero-order chi connectivity index (χ0) is 14.3. The molecule has 1 atom stereocenters. The summed E-state index contributed by atoms with van der Waals surface area (Å²) in [6, 6.07) is 3.14. The summed E-state index contributed by atoms with van der Waals surface area (Å²) < 4.78 is 0. The lowest BCUT2D eigenvalue weighted by Gasteiger charge is -2.10. The van der Waals surface area contributed by atoms with Gasteiger partial charge in [-0.1, -0.05) is 11.8 Å². The number of carbonyl (C=O) groups excluding carboxylic acids is 2. The third kappa shape index (κ3) is 5.55. The van der Waals surface area contributed by atoms with Gasteiger partial charge in [-0.3, -0.25) is 9.59 Å². The van der Waals surface area contributed by atoms with Crippen LogP contribution in [0.25, 0.3) is 0 Å². The van der Waals surface area contributed by atoms with Gasteiger partial charge in [0.15, 0.2) is 0 Å². The van der Waals surface area contributed by atoms with Crippen LogP contribution in [0.1, 0.15) is 34.3 Å². The van der Waals surface area contributed by atoms with E-state index in [0.29, 0.717) is 11.3 Å². The molecule has 1 aromatic rings. The van der Waals surface area contributed by atoms with Gasteiger partial charge in [-0.15, -0.1) is 11.3 Å². The molecule has 0 fully saturated rings. The highest BCUT2D eigenvalue weighted by Gasteiger charge is 2.13. The van der Waals surface area contributed by atoms with Crippen molar-refractivity contribution in [2.24, 2.45) is 5.73 Å². The number of hydrogen-bond donors (Lipinski definition) is 3. The van der Waals surface area contributed by atoms with Crippen molar-refractivity contribution in [1.82, 2.24) is 5.32 Å². The lowest BCUT2D eigenvalue weighted by molar-refractivity contribution is -0.118. The lowest BCUT2D eigenvalue weighted by atomic mass is 10.2. The summed E-state index contributed by atoms with van der Waals surface area (Å²) in [7, 11) is 0. The summed E-state index contributed by atoms with van der Waals surface area (Å²) >= 11 is 1.27. The summed E-state index contributed by atoms with van der Waals surface area (Å²) in [6.45, 7) is 1.74. The number of rotatable bonds is 5. The lowest BCUT2D eigenvalue weighted by Crippen LogP contribution is -2.35. The fourth-order valence-electron chi connectivity index (χ4n) is 1.38. The van der Waals surface area contributed by atoms with Crippen LogP contribution in [0.5, 0.6) is 0 Å². The first-order chi connectivity index (χ1) is 9.02. The molecule has 1 heterocycles. The molecule has 2 amide bonds. The molecule has 5 nitrogen and oxygen atoms in total. The Labute approximate surface area is 115 Å². The van der Waals surface area contributed by atoms with Crippen molar-refractivity contribution in [2.75, 3.05) is 6.61 Å². The van der Waals surface area contributed by atoms with E-state index in [0.717, 1.165) is 4.88 Å². The molecule has 0 aliphatic heterocycles. The number of amides is 2. The molecule has 0 aliphatic rings. The van der Waals surface area contributed by atoms with Crippen LogP contribution >= 0.6 is 11.3 Å². The maximum atomic E-state index is 11.8. The zero-order valence-electron chi connectivity index (χ0n) is 10.6. The summed E-state index contributed by atoms with van der Waals surface area (Å²) in [5, 5.41) is 11.3. The number of aliphatic hydroxyl groups is 1. The Bertz CT molecular complexity index is 513. The van der Waals surface area contributed by atoms with Crippen molar-refractivity contribution in [3.05, 3.63) is 21.9 Å². The molecule has 1 rings (SSSR count). The molecule has 0 saturated heterocycles. The maximum Gasteiger partial charge on any atom is 0.261 e. The summed E-state index contributed by atoms with van der Waals surface area (Å²) in [5.41, 5.74) is 5.05.